The van der Waals surface area contributed by atoms with Crippen LogP contribution in [-0.4, -0.2) is 0 Å². The minimum absolute atomic E-state index is 1.18. The second kappa shape index (κ2) is 4.16. The van der Waals surface area contributed by atoms with Crippen LogP contribution in [0.1, 0.15) is 32.1 Å². The largest absolute Gasteiger partial charge is 0.0856 e. The van der Waals surface area contributed by atoms with Gasteiger partial charge < -0.3 is 0 Å². The first kappa shape index (κ1) is 8.31. The summed E-state index contributed by atoms with van der Waals surface area (Å²) in [5.41, 5.74) is 1.60. The smallest absolute Gasteiger partial charge is 0.00575 e. The molecule has 0 unspecified atom stereocenters. The zero-order chi connectivity index (χ0) is 7.40. The lowest BCUT2D eigenvalue weighted by Crippen LogP contribution is -1.92. The van der Waals surface area contributed by atoms with Gasteiger partial charge in [0.1, 0.15) is 0 Å². The van der Waals surface area contributed by atoms with Gasteiger partial charge in [-0.2, -0.15) is 0 Å². The van der Waals surface area contributed by atoms with Crippen molar-refractivity contribution in [3.63, 3.8) is 0 Å². The van der Waals surface area contributed by atoms with Crippen molar-refractivity contribution in [1.82, 2.24) is 0 Å². The fourth-order valence-electron chi connectivity index (χ4n) is 1.37. The Morgan fingerprint density at radius 3 is 2.40 bits per heavy atom. The van der Waals surface area contributed by atoms with Gasteiger partial charge in [0.2, 0.25) is 0 Å². The molecule has 0 nitrogen and oxygen atoms in total. The lowest BCUT2D eigenvalue weighted by atomic mass is 9.95. The minimum Gasteiger partial charge on any atom is -0.0856 e. The average Bonchev–Trinajstić information content (AvgIpc) is 1.88. The number of allylic oxidation sites excluding steroid dienone is 3. The molecule has 1 saturated carbocycles. The molecule has 0 aromatic heterocycles. The lowest BCUT2D eigenvalue weighted by molar-refractivity contribution is 0.599. The molecule has 10 heavy (non-hydrogen) atoms. The maximum absolute atomic E-state index is 3.86. The van der Waals surface area contributed by atoms with Crippen LogP contribution in [0.5, 0.6) is 0 Å². The van der Waals surface area contributed by atoms with Gasteiger partial charge in [-0.25, -0.2) is 0 Å². The number of hydrogen-bond donors (Lipinski definition) is 0. The zero-order valence-electron chi connectivity index (χ0n) is 6.20. The molecule has 0 aliphatic heterocycles. The Hall–Kier alpha value is 0.210. The lowest BCUT2D eigenvalue weighted by Gasteiger charge is -2.12. The summed E-state index contributed by atoms with van der Waals surface area (Å²) >= 11 is 2.27. The highest BCUT2D eigenvalue weighted by atomic mass is 127. The third kappa shape index (κ3) is 2.86. The molecule has 56 valence electrons. The van der Waals surface area contributed by atoms with Crippen molar-refractivity contribution >= 4 is 22.6 Å². The highest BCUT2D eigenvalue weighted by Gasteiger charge is 2.03. The quantitative estimate of drug-likeness (QED) is 0.618. The molecule has 1 aliphatic carbocycles. The Labute approximate surface area is 76.5 Å². The monoisotopic (exact) mass is 248 g/mol. The molecule has 0 bridgehead atoms. The number of halogens is 1. The summed E-state index contributed by atoms with van der Waals surface area (Å²) in [5, 5.41) is 0. The maximum atomic E-state index is 3.86. The summed E-state index contributed by atoms with van der Waals surface area (Å²) < 4.78 is 1.18. The molecule has 0 spiro atoms. The molecular weight excluding hydrogens is 235 g/mol. The molecule has 0 heterocycles. The fourth-order valence-corrected chi connectivity index (χ4v) is 1.81. The highest BCUT2D eigenvalue weighted by Crippen LogP contribution is 2.24. The van der Waals surface area contributed by atoms with Crippen molar-refractivity contribution in [1.29, 1.82) is 0 Å². The van der Waals surface area contributed by atoms with E-state index in [-0.39, 0.29) is 0 Å². The standard InChI is InChI=1S/C9H13I/c1-8(10)7-9-5-3-2-4-6-9/h7H,1-6H2. The van der Waals surface area contributed by atoms with Crippen molar-refractivity contribution in [3.05, 3.63) is 21.8 Å². The Kier molecular flexibility index (Phi) is 3.46. The summed E-state index contributed by atoms with van der Waals surface area (Å²) in [4.78, 5) is 0. The van der Waals surface area contributed by atoms with E-state index >= 15 is 0 Å². The van der Waals surface area contributed by atoms with E-state index in [2.05, 4.69) is 35.2 Å². The van der Waals surface area contributed by atoms with Gasteiger partial charge in [0, 0.05) is 3.58 Å². The molecule has 0 amide bonds. The number of hydrogen-bond acceptors (Lipinski definition) is 0. The molecule has 0 aromatic rings. The van der Waals surface area contributed by atoms with Gasteiger partial charge in [-0.1, -0.05) is 24.6 Å². The van der Waals surface area contributed by atoms with Crippen molar-refractivity contribution in [2.45, 2.75) is 32.1 Å². The minimum atomic E-state index is 1.18. The van der Waals surface area contributed by atoms with Crippen LogP contribution >= 0.6 is 22.6 Å². The van der Waals surface area contributed by atoms with Gasteiger partial charge in [-0.05, 0) is 48.3 Å². The summed E-state index contributed by atoms with van der Waals surface area (Å²) in [6.45, 7) is 3.86. The summed E-state index contributed by atoms with van der Waals surface area (Å²) in [6.07, 6.45) is 9.04. The molecule has 0 aromatic carbocycles. The van der Waals surface area contributed by atoms with Crippen molar-refractivity contribution in [2.75, 3.05) is 0 Å². The van der Waals surface area contributed by atoms with E-state index in [1.54, 1.807) is 5.57 Å². The van der Waals surface area contributed by atoms with E-state index in [0.29, 0.717) is 0 Å². The second-order valence-corrected chi connectivity index (χ2v) is 4.20. The van der Waals surface area contributed by atoms with Crippen molar-refractivity contribution < 1.29 is 0 Å². The fraction of sp³-hybridized carbons (Fsp3) is 0.556. The molecule has 1 rings (SSSR count). The van der Waals surface area contributed by atoms with Crippen LogP contribution in [0.4, 0.5) is 0 Å². The van der Waals surface area contributed by atoms with E-state index in [1.165, 1.54) is 35.7 Å². The first-order valence-electron chi connectivity index (χ1n) is 3.83. The van der Waals surface area contributed by atoms with E-state index in [1.807, 2.05) is 0 Å². The maximum Gasteiger partial charge on any atom is 0.00575 e. The molecule has 1 fully saturated rings. The van der Waals surface area contributed by atoms with Crippen molar-refractivity contribution in [3.8, 4) is 0 Å². The molecule has 1 heteroatoms. The van der Waals surface area contributed by atoms with Crippen LogP contribution in [0.25, 0.3) is 0 Å². The molecule has 0 atom stereocenters. The van der Waals surface area contributed by atoms with Crippen molar-refractivity contribution in [2.24, 2.45) is 0 Å². The Morgan fingerprint density at radius 1 is 1.30 bits per heavy atom. The van der Waals surface area contributed by atoms with Gasteiger partial charge in [0.15, 0.2) is 0 Å². The molecule has 0 N–H and O–H groups in total. The van der Waals surface area contributed by atoms with E-state index < -0.39 is 0 Å². The second-order valence-electron chi connectivity index (χ2n) is 2.81. The predicted molar refractivity (Wildman–Crippen MR) is 54.3 cm³/mol. The average molecular weight is 248 g/mol. The summed E-state index contributed by atoms with van der Waals surface area (Å²) in [6, 6.07) is 0. The molecule has 0 radical (unpaired) electrons. The molecule has 0 saturated heterocycles. The van der Waals surface area contributed by atoms with E-state index in [9.17, 15) is 0 Å². The van der Waals surface area contributed by atoms with Gasteiger partial charge in [0.05, 0.1) is 0 Å². The van der Waals surface area contributed by atoms with Crippen LogP contribution in [-0.2, 0) is 0 Å². The van der Waals surface area contributed by atoms with Crippen LogP contribution in [0.15, 0.2) is 21.8 Å². The Balaban J connectivity index is 2.45. The van der Waals surface area contributed by atoms with Gasteiger partial charge in [0.25, 0.3) is 0 Å². The molecule has 1 aliphatic rings. The third-order valence-electron chi connectivity index (χ3n) is 1.86. The summed E-state index contributed by atoms with van der Waals surface area (Å²) in [7, 11) is 0. The van der Waals surface area contributed by atoms with Crippen LogP contribution in [0.2, 0.25) is 0 Å². The third-order valence-corrected chi connectivity index (χ3v) is 2.17. The van der Waals surface area contributed by atoms with Gasteiger partial charge in [-0.15, -0.1) is 0 Å². The topological polar surface area (TPSA) is 0 Å². The summed E-state index contributed by atoms with van der Waals surface area (Å²) in [5.74, 6) is 0. The number of rotatable bonds is 1. The van der Waals surface area contributed by atoms with Gasteiger partial charge >= 0.3 is 0 Å². The first-order chi connectivity index (χ1) is 4.79. The van der Waals surface area contributed by atoms with E-state index in [0.717, 1.165) is 0 Å². The van der Waals surface area contributed by atoms with Crippen LogP contribution in [0, 0.1) is 0 Å². The molecular formula is C9H13I. The van der Waals surface area contributed by atoms with E-state index in [4.69, 9.17) is 0 Å². The predicted octanol–water partition coefficient (Wildman–Crippen LogP) is 3.83. The Bertz CT molecular complexity index is 148. The van der Waals surface area contributed by atoms with Crippen LogP contribution < -0.4 is 0 Å². The first-order valence-corrected chi connectivity index (χ1v) is 4.91. The zero-order valence-corrected chi connectivity index (χ0v) is 8.36. The highest BCUT2D eigenvalue weighted by molar-refractivity contribution is 14.1. The normalized spacial score (nSPS) is 18.7. The van der Waals surface area contributed by atoms with Crippen LogP contribution in [0.3, 0.4) is 0 Å². The SMILES string of the molecule is C=C(I)C=C1CCCCC1. The Morgan fingerprint density at radius 2 is 1.90 bits per heavy atom. The van der Waals surface area contributed by atoms with Gasteiger partial charge in [-0.3, -0.25) is 0 Å².